The summed E-state index contributed by atoms with van der Waals surface area (Å²) in [4.78, 5) is 3.78. The first-order chi connectivity index (χ1) is 7.41. The lowest BCUT2D eigenvalue weighted by atomic mass is 10.1. The minimum Gasteiger partial charge on any atom is -0.265 e. The predicted molar refractivity (Wildman–Crippen MR) is 68.3 cm³/mol. The number of aromatic nitrogens is 1. The summed E-state index contributed by atoms with van der Waals surface area (Å²) in [7, 11) is 0. The molecule has 15 heavy (non-hydrogen) atoms. The molecule has 0 saturated carbocycles. The summed E-state index contributed by atoms with van der Waals surface area (Å²) in [5.74, 6) is 0.839. The second kappa shape index (κ2) is 13.4. The smallest absolute Gasteiger partial charge is 0.0267 e. The highest BCUT2D eigenvalue weighted by Crippen LogP contribution is 2.04. The van der Waals surface area contributed by atoms with Crippen molar-refractivity contribution >= 4 is 11.6 Å². The van der Waals surface area contributed by atoms with E-state index < -0.39 is 0 Å². The standard InChI is InChI=1S/C8H17Cl.C5H5N/c1-2-3-4-5-6-7-8-9;1-2-4-6-5-3-1/h2-8H2,1H3;1-5H. The lowest BCUT2D eigenvalue weighted by Crippen LogP contribution is -1.78. The fourth-order valence-electron chi connectivity index (χ4n) is 1.19. The number of unbranched alkanes of at least 4 members (excludes halogenated alkanes) is 5. The van der Waals surface area contributed by atoms with Crippen molar-refractivity contribution in [1.82, 2.24) is 4.98 Å². The maximum absolute atomic E-state index is 5.51. The van der Waals surface area contributed by atoms with Crippen LogP contribution < -0.4 is 0 Å². The molecule has 86 valence electrons. The lowest BCUT2D eigenvalue weighted by Gasteiger charge is -1.95. The first-order valence-electron chi connectivity index (χ1n) is 5.82. The first-order valence-corrected chi connectivity index (χ1v) is 6.36. The van der Waals surface area contributed by atoms with Crippen molar-refractivity contribution in [2.24, 2.45) is 0 Å². The number of alkyl halides is 1. The maximum Gasteiger partial charge on any atom is 0.0267 e. The van der Waals surface area contributed by atoms with E-state index in [0.29, 0.717) is 0 Å². The van der Waals surface area contributed by atoms with Gasteiger partial charge in [-0.05, 0) is 18.6 Å². The molecule has 0 fully saturated rings. The third-order valence-electron chi connectivity index (χ3n) is 2.05. The third-order valence-corrected chi connectivity index (χ3v) is 2.32. The summed E-state index contributed by atoms with van der Waals surface area (Å²) in [5.41, 5.74) is 0. The van der Waals surface area contributed by atoms with E-state index in [4.69, 9.17) is 11.6 Å². The van der Waals surface area contributed by atoms with Crippen LogP contribution >= 0.6 is 11.6 Å². The van der Waals surface area contributed by atoms with Gasteiger partial charge in [-0.1, -0.05) is 45.1 Å². The Morgan fingerprint density at radius 2 is 1.47 bits per heavy atom. The molecule has 0 N–H and O–H groups in total. The SMILES string of the molecule is CCCCCCCCCl.c1ccncc1. The first kappa shape index (κ1) is 14.4. The summed E-state index contributed by atoms with van der Waals surface area (Å²) >= 11 is 5.51. The summed E-state index contributed by atoms with van der Waals surface area (Å²) in [6.07, 6.45) is 11.5. The normalized spacial score (nSPS) is 9.20. The molecule has 0 aliphatic rings. The van der Waals surface area contributed by atoms with Crippen molar-refractivity contribution in [2.45, 2.75) is 45.4 Å². The van der Waals surface area contributed by atoms with Crippen molar-refractivity contribution in [3.8, 4) is 0 Å². The molecule has 1 aromatic rings. The average molecular weight is 228 g/mol. The second-order valence-corrected chi connectivity index (χ2v) is 3.86. The van der Waals surface area contributed by atoms with Gasteiger partial charge in [0.25, 0.3) is 0 Å². The van der Waals surface area contributed by atoms with Crippen LogP contribution in [0.4, 0.5) is 0 Å². The molecule has 0 unspecified atom stereocenters. The molecule has 1 aromatic heterocycles. The molecule has 0 saturated heterocycles. The van der Waals surface area contributed by atoms with Gasteiger partial charge in [0.15, 0.2) is 0 Å². The van der Waals surface area contributed by atoms with Crippen LogP contribution in [-0.4, -0.2) is 10.9 Å². The number of hydrogen-bond acceptors (Lipinski definition) is 1. The lowest BCUT2D eigenvalue weighted by molar-refractivity contribution is 0.626. The van der Waals surface area contributed by atoms with Gasteiger partial charge in [0.05, 0.1) is 0 Å². The molecular formula is C13H22ClN. The molecule has 0 amide bonds. The minimum absolute atomic E-state index is 0.839. The molecule has 2 heteroatoms. The Labute approximate surface area is 98.9 Å². The molecule has 0 atom stereocenters. The van der Waals surface area contributed by atoms with Crippen LogP contribution in [0.15, 0.2) is 30.6 Å². The fourth-order valence-corrected chi connectivity index (χ4v) is 1.38. The Hall–Kier alpha value is -0.560. The van der Waals surface area contributed by atoms with Gasteiger partial charge in [0, 0.05) is 18.3 Å². The molecule has 1 heterocycles. The number of hydrogen-bond donors (Lipinski definition) is 0. The van der Waals surface area contributed by atoms with Gasteiger partial charge in [-0.2, -0.15) is 0 Å². The second-order valence-electron chi connectivity index (χ2n) is 3.48. The summed E-state index contributed by atoms with van der Waals surface area (Å²) in [5, 5.41) is 0. The number of halogens is 1. The average Bonchev–Trinajstić information content (AvgIpc) is 2.32. The summed E-state index contributed by atoms with van der Waals surface area (Å²) in [6.45, 7) is 2.24. The van der Waals surface area contributed by atoms with Crippen molar-refractivity contribution in [1.29, 1.82) is 0 Å². The van der Waals surface area contributed by atoms with E-state index in [9.17, 15) is 0 Å². The summed E-state index contributed by atoms with van der Waals surface area (Å²) < 4.78 is 0. The van der Waals surface area contributed by atoms with E-state index in [2.05, 4.69) is 11.9 Å². The van der Waals surface area contributed by atoms with Gasteiger partial charge in [-0.25, -0.2) is 0 Å². The van der Waals surface area contributed by atoms with Gasteiger partial charge in [-0.3, -0.25) is 4.98 Å². The highest BCUT2D eigenvalue weighted by molar-refractivity contribution is 6.17. The molecule has 0 aromatic carbocycles. The Bertz CT molecular complexity index is 156. The van der Waals surface area contributed by atoms with E-state index in [1.807, 2.05) is 18.2 Å². The molecule has 0 spiro atoms. The van der Waals surface area contributed by atoms with Gasteiger partial charge < -0.3 is 0 Å². The molecule has 0 radical (unpaired) electrons. The van der Waals surface area contributed by atoms with Crippen LogP contribution in [0.3, 0.4) is 0 Å². The minimum atomic E-state index is 0.839. The molecule has 0 aliphatic heterocycles. The van der Waals surface area contributed by atoms with E-state index in [1.54, 1.807) is 12.4 Å². The van der Waals surface area contributed by atoms with Crippen molar-refractivity contribution in [2.75, 3.05) is 5.88 Å². The Kier molecular flexibility index (Phi) is 12.9. The zero-order valence-electron chi connectivity index (χ0n) is 9.66. The van der Waals surface area contributed by atoms with Gasteiger partial charge in [0.2, 0.25) is 0 Å². The van der Waals surface area contributed by atoms with Crippen molar-refractivity contribution in [3.63, 3.8) is 0 Å². The molecule has 1 nitrogen and oxygen atoms in total. The molecule has 1 rings (SSSR count). The van der Waals surface area contributed by atoms with Crippen LogP contribution in [0.25, 0.3) is 0 Å². The molecule has 0 bridgehead atoms. The number of nitrogens with zero attached hydrogens (tertiary/aromatic N) is 1. The number of pyridine rings is 1. The maximum atomic E-state index is 5.51. The van der Waals surface area contributed by atoms with Crippen molar-refractivity contribution < 1.29 is 0 Å². The fraction of sp³-hybridized carbons (Fsp3) is 0.615. The highest BCUT2D eigenvalue weighted by Gasteiger charge is 1.86. The van der Waals surface area contributed by atoms with E-state index >= 15 is 0 Å². The van der Waals surface area contributed by atoms with Gasteiger partial charge >= 0.3 is 0 Å². The van der Waals surface area contributed by atoms with Crippen LogP contribution in [0.1, 0.15) is 45.4 Å². The largest absolute Gasteiger partial charge is 0.265 e. The number of rotatable bonds is 6. The zero-order chi connectivity index (χ0) is 11.2. The van der Waals surface area contributed by atoms with Crippen LogP contribution in [0.5, 0.6) is 0 Å². The van der Waals surface area contributed by atoms with Gasteiger partial charge in [0.1, 0.15) is 0 Å². The predicted octanol–water partition coefficient (Wildman–Crippen LogP) is 4.67. The Morgan fingerprint density at radius 1 is 0.867 bits per heavy atom. The third kappa shape index (κ3) is 13.4. The van der Waals surface area contributed by atoms with E-state index in [1.165, 1.54) is 38.5 Å². The van der Waals surface area contributed by atoms with E-state index in [-0.39, 0.29) is 0 Å². The topological polar surface area (TPSA) is 12.9 Å². The summed E-state index contributed by atoms with van der Waals surface area (Å²) in [6, 6.07) is 5.72. The zero-order valence-corrected chi connectivity index (χ0v) is 10.4. The Balaban J connectivity index is 0.000000280. The van der Waals surface area contributed by atoms with Crippen LogP contribution in [0.2, 0.25) is 0 Å². The monoisotopic (exact) mass is 227 g/mol. The van der Waals surface area contributed by atoms with Crippen LogP contribution in [0, 0.1) is 0 Å². The Morgan fingerprint density at radius 3 is 1.87 bits per heavy atom. The van der Waals surface area contributed by atoms with Crippen molar-refractivity contribution in [3.05, 3.63) is 30.6 Å². The molecular weight excluding hydrogens is 206 g/mol. The van der Waals surface area contributed by atoms with E-state index in [0.717, 1.165) is 5.88 Å². The highest BCUT2D eigenvalue weighted by atomic mass is 35.5. The quantitative estimate of drug-likeness (QED) is 0.509. The van der Waals surface area contributed by atoms with Crippen LogP contribution in [-0.2, 0) is 0 Å². The van der Waals surface area contributed by atoms with Gasteiger partial charge in [-0.15, -0.1) is 11.6 Å². The molecule has 0 aliphatic carbocycles.